The third kappa shape index (κ3) is 5.09. The molecule has 0 spiro atoms. The Morgan fingerprint density at radius 3 is 2.37 bits per heavy atom. The van der Waals surface area contributed by atoms with Crippen molar-refractivity contribution in [2.24, 2.45) is 0 Å². The molecule has 1 saturated heterocycles. The molecule has 0 atom stereocenters. The molecular weight excluding hydrogens is 338 g/mol. The minimum Gasteiger partial charge on any atom is -0.371 e. The smallest absolute Gasteiger partial charge is 0.227 e. The second-order valence-electron chi connectivity index (χ2n) is 7.13. The normalized spacial score (nSPS) is 13.5. The zero-order valence-electron chi connectivity index (χ0n) is 16.1. The van der Waals surface area contributed by atoms with Gasteiger partial charge in [0.1, 0.15) is 0 Å². The van der Waals surface area contributed by atoms with Gasteiger partial charge in [0.15, 0.2) is 0 Å². The molecule has 2 amide bonds. The van der Waals surface area contributed by atoms with Crippen LogP contribution in [0.1, 0.15) is 30.9 Å². The molecule has 2 aromatic carbocycles. The molecule has 0 unspecified atom stereocenters. The van der Waals surface area contributed by atoms with Crippen LogP contribution in [0.25, 0.3) is 0 Å². The lowest BCUT2D eigenvalue weighted by molar-refractivity contribution is -0.129. The maximum Gasteiger partial charge on any atom is 0.227 e. The number of amides is 2. The van der Waals surface area contributed by atoms with Crippen LogP contribution in [0, 0.1) is 0 Å². The second-order valence-corrected chi connectivity index (χ2v) is 7.13. The van der Waals surface area contributed by atoms with E-state index in [9.17, 15) is 9.59 Å². The Morgan fingerprint density at radius 2 is 1.70 bits per heavy atom. The maximum atomic E-state index is 12.7. The van der Waals surface area contributed by atoms with Gasteiger partial charge in [-0.3, -0.25) is 9.59 Å². The van der Waals surface area contributed by atoms with E-state index < -0.39 is 0 Å². The van der Waals surface area contributed by atoms with Crippen molar-refractivity contribution in [2.45, 2.75) is 32.7 Å². The predicted octanol–water partition coefficient (Wildman–Crippen LogP) is 3.45. The van der Waals surface area contributed by atoms with E-state index in [2.05, 4.69) is 28.4 Å². The quantitative estimate of drug-likeness (QED) is 0.853. The first-order chi connectivity index (χ1) is 13.0. The van der Waals surface area contributed by atoms with E-state index >= 15 is 0 Å². The highest BCUT2D eigenvalue weighted by Crippen LogP contribution is 2.25. The molecule has 1 aliphatic rings. The molecule has 1 fully saturated rings. The summed E-state index contributed by atoms with van der Waals surface area (Å²) in [5, 5.41) is 2.73. The van der Waals surface area contributed by atoms with Crippen molar-refractivity contribution in [3.05, 3.63) is 59.7 Å². The van der Waals surface area contributed by atoms with Crippen molar-refractivity contribution in [1.82, 2.24) is 4.90 Å². The highest BCUT2D eigenvalue weighted by molar-refractivity contribution is 5.88. The topological polar surface area (TPSA) is 52.7 Å². The first-order valence-corrected chi connectivity index (χ1v) is 9.46. The standard InChI is InChI=1S/C22H27N3O2/c1-17(26)23-20-11-9-18(10-12-20)15-22(27)24(2)16-19-7-3-4-8-21(19)25-13-5-6-14-25/h3-4,7-12H,5-6,13-16H2,1-2H3,(H,23,26). The van der Waals surface area contributed by atoms with Crippen LogP contribution in [0.5, 0.6) is 0 Å². The van der Waals surface area contributed by atoms with Crippen molar-refractivity contribution < 1.29 is 9.59 Å². The number of nitrogens with one attached hydrogen (secondary N) is 1. The lowest BCUT2D eigenvalue weighted by Crippen LogP contribution is -2.29. The molecule has 2 aromatic rings. The van der Waals surface area contributed by atoms with E-state index in [1.807, 2.05) is 37.4 Å². The molecule has 5 nitrogen and oxygen atoms in total. The van der Waals surface area contributed by atoms with E-state index in [1.54, 1.807) is 4.90 Å². The van der Waals surface area contributed by atoms with Gasteiger partial charge in [-0.2, -0.15) is 0 Å². The van der Waals surface area contributed by atoms with Crippen molar-refractivity contribution >= 4 is 23.2 Å². The van der Waals surface area contributed by atoms with Crippen LogP contribution in [0.4, 0.5) is 11.4 Å². The summed E-state index contributed by atoms with van der Waals surface area (Å²) < 4.78 is 0. The highest BCUT2D eigenvalue weighted by Gasteiger charge is 2.17. The first-order valence-electron chi connectivity index (χ1n) is 9.46. The van der Waals surface area contributed by atoms with Gasteiger partial charge in [0, 0.05) is 45.0 Å². The van der Waals surface area contributed by atoms with Gasteiger partial charge >= 0.3 is 0 Å². The molecule has 5 heteroatoms. The van der Waals surface area contributed by atoms with Crippen LogP contribution in [0.15, 0.2) is 48.5 Å². The molecule has 1 N–H and O–H groups in total. The van der Waals surface area contributed by atoms with E-state index in [0.717, 1.165) is 24.3 Å². The van der Waals surface area contributed by atoms with Gasteiger partial charge in [-0.1, -0.05) is 30.3 Å². The van der Waals surface area contributed by atoms with Gasteiger partial charge in [0.2, 0.25) is 11.8 Å². The number of benzene rings is 2. The first kappa shape index (κ1) is 19.0. The van der Waals surface area contributed by atoms with Crippen LogP contribution in [0.3, 0.4) is 0 Å². The number of rotatable bonds is 6. The molecule has 142 valence electrons. The Morgan fingerprint density at radius 1 is 1.04 bits per heavy atom. The Kier molecular flexibility index (Phi) is 6.12. The van der Waals surface area contributed by atoms with Gasteiger partial charge in [0.25, 0.3) is 0 Å². The molecule has 0 aromatic heterocycles. The molecule has 1 aliphatic heterocycles. The summed E-state index contributed by atoms with van der Waals surface area (Å²) in [7, 11) is 1.86. The Bertz CT molecular complexity index is 795. The largest absolute Gasteiger partial charge is 0.371 e. The van der Waals surface area contributed by atoms with Crippen LogP contribution in [0.2, 0.25) is 0 Å². The Labute approximate surface area is 161 Å². The number of anilines is 2. The van der Waals surface area contributed by atoms with Gasteiger partial charge < -0.3 is 15.1 Å². The summed E-state index contributed by atoms with van der Waals surface area (Å²) in [5.41, 5.74) is 4.12. The Hall–Kier alpha value is -2.82. The van der Waals surface area contributed by atoms with Crippen LogP contribution < -0.4 is 10.2 Å². The number of carbonyl (C=O) groups excluding carboxylic acids is 2. The summed E-state index contributed by atoms with van der Waals surface area (Å²) in [5.74, 6) is -0.0197. The second kappa shape index (κ2) is 8.71. The summed E-state index contributed by atoms with van der Waals surface area (Å²) in [6, 6.07) is 15.8. The molecular formula is C22H27N3O2. The number of hydrogen-bond donors (Lipinski definition) is 1. The zero-order valence-corrected chi connectivity index (χ0v) is 16.1. The molecule has 0 aliphatic carbocycles. The van der Waals surface area contributed by atoms with Crippen LogP contribution >= 0.6 is 0 Å². The predicted molar refractivity (Wildman–Crippen MR) is 109 cm³/mol. The molecule has 0 bridgehead atoms. The minimum atomic E-state index is -0.102. The fourth-order valence-corrected chi connectivity index (χ4v) is 3.47. The molecule has 3 rings (SSSR count). The van der Waals surface area contributed by atoms with Gasteiger partial charge in [0.05, 0.1) is 6.42 Å². The van der Waals surface area contributed by atoms with Crippen LogP contribution in [-0.2, 0) is 22.6 Å². The van der Waals surface area contributed by atoms with Crippen molar-refractivity contribution in [1.29, 1.82) is 0 Å². The number of likely N-dealkylation sites (N-methyl/N-ethyl adjacent to an activating group) is 1. The average molecular weight is 365 g/mol. The summed E-state index contributed by atoms with van der Waals surface area (Å²) in [4.78, 5) is 27.9. The summed E-state index contributed by atoms with van der Waals surface area (Å²) >= 11 is 0. The van der Waals surface area contributed by atoms with E-state index in [4.69, 9.17) is 0 Å². The van der Waals surface area contributed by atoms with Gasteiger partial charge in [-0.15, -0.1) is 0 Å². The lowest BCUT2D eigenvalue weighted by atomic mass is 10.1. The fourth-order valence-electron chi connectivity index (χ4n) is 3.47. The summed E-state index contributed by atoms with van der Waals surface area (Å²) in [6.07, 6.45) is 2.82. The third-order valence-electron chi connectivity index (χ3n) is 4.90. The van der Waals surface area contributed by atoms with Crippen LogP contribution in [-0.4, -0.2) is 36.9 Å². The molecule has 1 heterocycles. The van der Waals surface area contributed by atoms with E-state index in [0.29, 0.717) is 13.0 Å². The number of hydrogen-bond acceptors (Lipinski definition) is 3. The highest BCUT2D eigenvalue weighted by atomic mass is 16.2. The molecule has 0 radical (unpaired) electrons. The Balaban J connectivity index is 1.62. The number of carbonyl (C=O) groups is 2. The molecule has 27 heavy (non-hydrogen) atoms. The molecule has 0 saturated carbocycles. The lowest BCUT2D eigenvalue weighted by Gasteiger charge is -2.24. The summed E-state index contributed by atoms with van der Waals surface area (Å²) in [6.45, 7) is 4.27. The monoisotopic (exact) mass is 365 g/mol. The zero-order chi connectivity index (χ0) is 19.2. The number of nitrogens with zero attached hydrogens (tertiary/aromatic N) is 2. The number of para-hydroxylation sites is 1. The van der Waals surface area contributed by atoms with Crippen molar-refractivity contribution in [3.63, 3.8) is 0 Å². The van der Waals surface area contributed by atoms with E-state index in [1.165, 1.54) is 31.0 Å². The van der Waals surface area contributed by atoms with Crippen molar-refractivity contribution in [2.75, 3.05) is 30.4 Å². The van der Waals surface area contributed by atoms with Gasteiger partial charge in [-0.05, 0) is 42.2 Å². The van der Waals surface area contributed by atoms with Gasteiger partial charge in [-0.25, -0.2) is 0 Å². The average Bonchev–Trinajstić information content (AvgIpc) is 3.18. The van der Waals surface area contributed by atoms with Crippen molar-refractivity contribution in [3.8, 4) is 0 Å². The maximum absolute atomic E-state index is 12.7. The third-order valence-corrected chi connectivity index (χ3v) is 4.90. The van der Waals surface area contributed by atoms with E-state index in [-0.39, 0.29) is 11.8 Å². The minimum absolute atomic E-state index is 0.0819. The fraction of sp³-hybridized carbons (Fsp3) is 0.364. The SMILES string of the molecule is CC(=O)Nc1ccc(CC(=O)N(C)Cc2ccccc2N2CCCC2)cc1.